The Balaban J connectivity index is 1.35. The lowest BCUT2D eigenvalue weighted by molar-refractivity contribution is -0.126. The summed E-state index contributed by atoms with van der Waals surface area (Å²) in [6.45, 7) is 3.22. The zero-order valence-corrected chi connectivity index (χ0v) is 21.6. The summed E-state index contributed by atoms with van der Waals surface area (Å²) in [5, 5.41) is 5.61. The van der Waals surface area contributed by atoms with Gasteiger partial charge in [-0.3, -0.25) is 14.5 Å². The van der Waals surface area contributed by atoms with Crippen LogP contribution in [0.15, 0.2) is 72.8 Å². The molecule has 0 spiro atoms. The van der Waals surface area contributed by atoms with E-state index in [1.54, 1.807) is 30.3 Å². The maximum Gasteiger partial charge on any atom is 0.411 e. The Morgan fingerprint density at radius 2 is 1.77 bits per heavy atom. The minimum Gasteiger partial charge on any atom is -0.438 e. The van der Waals surface area contributed by atoms with Gasteiger partial charge < -0.3 is 20.1 Å². The molecule has 2 N–H and O–H groups in total. The second kappa shape index (κ2) is 11.7. The zero-order valence-electron chi connectivity index (χ0n) is 21.6. The number of benzene rings is 3. The Morgan fingerprint density at radius 3 is 2.46 bits per heavy atom. The van der Waals surface area contributed by atoms with Gasteiger partial charge >= 0.3 is 6.09 Å². The second-order valence-corrected chi connectivity index (χ2v) is 9.80. The first-order valence-corrected chi connectivity index (χ1v) is 13.0. The molecule has 0 aromatic heterocycles. The van der Waals surface area contributed by atoms with Gasteiger partial charge in [-0.15, -0.1) is 0 Å². The molecule has 0 radical (unpaired) electrons. The minimum absolute atomic E-state index is 0.0479. The quantitative estimate of drug-likeness (QED) is 0.438. The molecule has 39 heavy (non-hydrogen) atoms. The zero-order chi connectivity index (χ0) is 27.4. The predicted molar refractivity (Wildman–Crippen MR) is 143 cm³/mol. The van der Waals surface area contributed by atoms with Crippen molar-refractivity contribution in [3.8, 4) is 0 Å². The number of nitrogens with zero attached hydrogens (tertiary/aromatic N) is 1. The molecule has 2 heterocycles. The smallest absolute Gasteiger partial charge is 0.411 e. The van der Waals surface area contributed by atoms with Crippen molar-refractivity contribution >= 4 is 23.6 Å². The number of aryl methyl sites for hydroxylation is 1. The van der Waals surface area contributed by atoms with E-state index in [9.17, 15) is 18.8 Å². The number of hydrogen-bond acceptors (Lipinski definition) is 5. The summed E-state index contributed by atoms with van der Waals surface area (Å²) in [6, 6.07) is 19.2. The fourth-order valence-corrected chi connectivity index (χ4v) is 4.82. The molecule has 2 saturated heterocycles. The summed E-state index contributed by atoms with van der Waals surface area (Å²) in [7, 11) is 0. The highest BCUT2D eigenvalue weighted by Crippen LogP contribution is 2.34. The average molecular weight is 532 g/mol. The standard InChI is InChI=1S/C30H30FN3O5/c1-19-8-10-20(11-9-19)18-34-26(29(36)32-17-23-5-4-16-38-23)27(39-30(34)37)21-12-14-22(15-13-21)33-28(35)24-6-2-3-7-25(24)31/h2-3,6-15,23,26-27H,4-5,16-18H2,1H3,(H,32,36)(H,33,35). The number of amides is 3. The van der Waals surface area contributed by atoms with Crippen LogP contribution in [0.5, 0.6) is 0 Å². The van der Waals surface area contributed by atoms with Gasteiger partial charge in [-0.25, -0.2) is 9.18 Å². The van der Waals surface area contributed by atoms with Crippen LogP contribution in [0.2, 0.25) is 0 Å². The summed E-state index contributed by atoms with van der Waals surface area (Å²) in [6.07, 6.45) is 0.330. The third-order valence-corrected chi connectivity index (χ3v) is 6.97. The van der Waals surface area contributed by atoms with Crippen LogP contribution in [0.1, 0.15) is 46.0 Å². The lowest BCUT2D eigenvalue weighted by atomic mass is 10.00. The van der Waals surface area contributed by atoms with Crippen molar-refractivity contribution < 1.29 is 28.2 Å². The van der Waals surface area contributed by atoms with Gasteiger partial charge in [0.05, 0.1) is 18.2 Å². The highest BCUT2D eigenvalue weighted by molar-refractivity contribution is 6.04. The first kappa shape index (κ1) is 26.4. The fraction of sp³-hybridized carbons (Fsp3) is 0.300. The summed E-state index contributed by atoms with van der Waals surface area (Å²) < 4.78 is 25.3. The normalized spacial score (nSPS) is 20.5. The third-order valence-electron chi connectivity index (χ3n) is 6.97. The second-order valence-electron chi connectivity index (χ2n) is 9.80. The Hall–Kier alpha value is -4.24. The van der Waals surface area contributed by atoms with E-state index in [2.05, 4.69) is 10.6 Å². The molecule has 2 aliphatic rings. The van der Waals surface area contributed by atoms with Gasteiger partial charge in [-0.1, -0.05) is 54.1 Å². The SMILES string of the molecule is Cc1ccc(CN2C(=O)OC(c3ccc(NC(=O)c4ccccc4F)cc3)C2C(=O)NCC2CCCO2)cc1. The van der Waals surface area contributed by atoms with Crippen molar-refractivity contribution in [1.29, 1.82) is 0 Å². The number of halogens is 1. The lowest BCUT2D eigenvalue weighted by Gasteiger charge is -2.25. The number of carbonyl (C=O) groups is 3. The first-order chi connectivity index (χ1) is 18.9. The van der Waals surface area contributed by atoms with Crippen LogP contribution < -0.4 is 10.6 Å². The molecular formula is C30H30FN3O5. The van der Waals surface area contributed by atoms with E-state index < -0.39 is 30.0 Å². The van der Waals surface area contributed by atoms with Crippen molar-refractivity contribution in [2.45, 2.75) is 44.6 Å². The van der Waals surface area contributed by atoms with E-state index in [0.717, 1.165) is 24.0 Å². The molecule has 0 aliphatic carbocycles. The number of hydrogen-bond donors (Lipinski definition) is 2. The monoisotopic (exact) mass is 531 g/mol. The van der Waals surface area contributed by atoms with Gasteiger partial charge in [0.25, 0.3) is 5.91 Å². The maximum atomic E-state index is 14.0. The molecule has 3 unspecified atom stereocenters. The molecule has 3 amide bonds. The van der Waals surface area contributed by atoms with Crippen LogP contribution in [-0.4, -0.2) is 48.1 Å². The molecular weight excluding hydrogens is 501 g/mol. The van der Waals surface area contributed by atoms with Crippen LogP contribution in [-0.2, 0) is 20.8 Å². The third kappa shape index (κ3) is 6.09. The van der Waals surface area contributed by atoms with Gasteiger partial charge in [-0.2, -0.15) is 0 Å². The number of carbonyl (C=O) groups excluding carboxylic acids is 3. The van der Waals surface area contributed by atoms with E-state index >= 15 is 0 Å². The summed E-state index contributed by atoms with van der Waals surface area (Å²) in [5.74, 6) is -1.52. The van der Waals surface area contributed by atoms with E-state index in [1.807, 2.05) is 31.2 Å². The first-order valence-electron chi connectivity index (χ1n) is 13.0. The van der Waals surface area contributed by atoms with Gasteiger partial charge in [-0.05, 0) is 55.2 Å². The Bertz CT molecular complexity index is 1340. The van der Waals surface area contributed by atoms with Crippen molar-refractivity contribution in [3.63, 3.8) is 0 Å². The van der Waals surface area contributed by atoms with Gasteiger partial charge in [0.1, 0.15) is 5.82 Å². The molecule has 202 valence electrons. The molecule has 2 aliphatic heterocycles. The highest BCUT2D eigenvalue weighted by atomic mass is 19.1. The van der Waals surface area contributed by atoms with Crippen LogP contribution in [0.25, 0.3) is 0 Å². The van der Waals surface area contributed by atoms with Crippen molar-refractivity contribution in [2.75, 3.05) is 18.5 Å². The summed E-state index contributed by atoms with van der Waals surface area (Å²) in [5.41, 5.74) is 2.93. The molecule has 0 saturated carbocycles. The summed E-state index contributed by atoms with van der Waals surface area (Å²) >= 11 is 0. The van der Waals surface area contributed by atoms with Crippen LogP contribution in [0.3, 0.4) is 0 Å². The maximum absolute atomic E-state index is 14.0. The molecule has 9 heteroatoms. The highest BCUT2D eigenvalue weighted by Gasteiger charge is 2.47. The van der Waals surface area contributed by atoms with Gasteiger partial charge in [0, 0.05) is 18.8 Å². The van der Waals surface area contributed by atoms with Crippen LogP contribution >= 0.6 is 0 Å². The predicted octanol–water partition coefficient (Wildman–Crippen LogP) is 4.74. The van der Waals surface area contributed by atoms with E-state index in [-0.39, 0.29) is 24.1 Å². The van der Waals surface area contributed by atoms with Crippen molar-refractivity contribution in [2.24, 2.45) is 0 Å². The number of nitrogens with one attached hydrogen (secondary N) is 2. The number of cyclic esters (lactones) is 1. The lowest BCUT2D eigenvalue weighted by Crippen LogP contribution is -2.47. The largest absolute Gasteiger partial charge is 0.438 e. The molecule has 8 nitrogen and oxygen atoms in total. The number of ether oxygens (including phenoxy) is 2. The molecule has 2 fully saturated rings. The minimum atomic E-state index is -0.904. The molecule has 3 atom stereocenters. The number of anilines is 1. The Morgan fingerprint density at radius 1 is 1.03 bits per heavy atom. The molecule has 3 aromatic carbocycles. The Labute approximate surface area is 226 Å². The van der Waals surface area contributed by atoms with E-state index in [0.29, 0.717) is 24.4 Å². The van der Waals surface area contributed by atoms with Gasteiger partial charge in [0.15, 0.2) is 12.1 Å². The molecule has 5 rings (SSSR count). The van der Waals surface area contributed by atoms with Crippen molar-refractivity contribution in [3.05, 3.63) is 101 Å². The topological polar surface area (TPSA) is 97.0 Å². The number of rotatable bonds is 8. The average Bonchev–Trinajstić information content (AvgIpc) is 3.57. The fourth-order valence-electron chi connectivity index (χ4n) is 4.82. The summed E-state index contributed by atoms with van der Waals surface area (Å²) in [4.78, 5) is 40.4. The van der Waals surface area contributed by atoms with E-state index in [4.69, 9.17) is 9.47 Å². The Kier molecular flexibility index (Phi) is 7.88. The van der Waals surface area contributed by atoms with E-state index in [1.165, 1.54) is 23.1 Å². The van der Waals surface area contributed by atoms with Crippen LogP contribution in [0, 0.1) is 12.7 Å². The van der Waals surface area contributed by atoms with Gasteiger partial charge in [0.2, 0.25) is 5.91 Å². The van der Waals surface area contributed by atoms with Crippen molar-refractivity contribution in [1.82, 2.24) is 10.2 Å². The molecule has 0 bridgehead atoms. The van der Waals surface area contributed by atoms with Crippen LogP contribution in [0.4, 0.5) is 14.9 Å². The molecule has 3 aromatic rings.